The number of alkyl halides is 3. The van der Waals surface area contributed by atoms with E-state index in [1.54, 1.807) is 6.07 Å². The highest BCUT2D eigenvalue weighted by molar-refractivity contribution is 5.43. The third kappa shape index (κ3) is 3.10. The van der Waals surface area contributed by atoms with Crippen molar-refractivity contribution in [2.45, 2.75) is 32.5 Å². The molecule has 0 spiro atoms. The molecule has 21 heavy (non-hydrogen) atoms. The molecule has 0 heterocycles. The Bertz CT molecular complexity index is 657. The standard InChI is InChI=1S/C17H17F3O/c1-11-7-8-12(2)15(9-11)16(3,21)13-5-4-6-14(10-13)17(18,19)20/h4-10,21H,1-3H3. The number of aryl methyl sites for hydroxylation is 2. The Morgan fingerprint density at radius 2 is 1.52 bits per heavy atom. The smallest absolute Gasteiger partial charge is 0.381 e. The maximum atomic E-state index is 12.8. The summed E-state index contributed by atoms with van der Waals surface area (Å²) in [7, 11) is 0. The lowest BCUT2D eigenvalue weighted by Gasteiger charge is -2.27. The molecule has 1 atom stereocenters. The first-order valence-electron chi connectivity index (χ1n) is 6.60. The zero-order valence-electron chi connectivity index (χ0n) is 12.1. The van der Waals surface area contributed by atoms with Crippen LogP contribution < -0.4 is 0 Å². The molecule has 0 fully saturated rings. The van der Waals surface area contributed by atoms with Gasteiger partial charge in [-0.3, -0.25) is 0 Å². The molecular formula is C17H17F3O. The van der Waals surface area contributed by atoms with Gasteiger partial charge in [-0.05, 0) is 49.6 Å². The summed E-state index contributed by atoms with van der Waals surface area (Å²) >= 11 is 0. The summed E-state index contributed by atoms with van der Waals surface area (Å²) in [6.45, 7) is 5.23. The second-order valence-corrected chi connectivity index (χ2v) is 5.47. The van der Waals surface area contributed by atoms with Crippen LogP contribution in [-0.4, -0.2) is 5.11 Å². The molecule has 112 valence electrons. The minimum absolute atomic E-state index is 0.228. The van der Waals surface area contributed by atoms with Crippen molar-refractivity contribution in [1.29, 1.82) is 0 Å². The summed E-state index contributed by atoms with van der Waals surface area (Å²) in [6, 6.07) is 10.4. The van der Waals surface area contributed by atoms with E-state index in [9.17, 15) is 18.3 Å². The highest BCUT2D eigenvalue weighted by atomic mass is 19.4. The van der Waals surface area contributed by atoms with E-state index < -0.39 is 17.3 Å². The Morgan fingerprint density at radius 3 is 2.14 bits per heavy atom. The van der Waals surface area contributed by atoms with E-state index in [2.05, 4.69) is 0 Å². The average molecular weight is 294 g/mol. The van der Waals surface area contributed by atoms with Crippen LogP contribution in [0, 0.1) is 13.8 Å². The van der Waals surface area contributed by atoms with Gasteiger partial charge in [-0.25, -0.2) is 0 Å². The predicted octanol–water partition coefficient (Wildman–Crippen LogP) is 4.58. The molecule has 0 radical (unpaired) electrons. The fourth-order valence-electron chi connectivity index (χ4n) is 2.41. The summed E-state index contributed by atoms with van der Waals surface area (Å²) in [5.41, 5.74) is 0.390. The SMILES string of the molecule is Cc1ccc(C)c(C(C)(O)c2cccc(C(F)(F)F)c2)c1. The van der Waals surface area contributed by atoms with Crippen molar-refractivity contribution < 1.29 is 18.3 Å². The molecule has 0 bridgehead atoms. The number of halogens is 3. The molecule has 2 aromatic carbocycles. The first-order chi connectivity index (χ1) is 9.62. The van der Waals surface area contributed by atoms with Crippen molar-refractivity contribution in [3.8, 4) is 0 Å². The molecule has 0 saturated carbocycles. The quantitative estimate of drug-likeness (QED) is 0.859. The molecule has 2 rings (SSSR count). The molecule has 0 amide bonds. The molecule has 0 saturated heterocycles. The van der Waals surface area contributed by atoms with E-state index >= 15 is 0 Å². The first kappa shape index (κ1) is 15.6. The Labute approximate surface area is 122 Å². The van der Waals surface area contributed by atoms with E-state index in [0.717, 1.165) is 23.3 Å². The molecular weight excluding hydrogens is 277 g/mol. The van der Waals surface area contributed by atoms with Crippen LogP contribution in [0.4, 0.5) is 13.2 Å². The van der Waals surface area contributed by atoms with E-state index in [4.69, 9.17) is 0 Å². The zero-order valence-corrected chi connectivity index (χ0v) is 12.1. The summed E-state index contributed by atoms with van der Waals surface area (Å²) in [5.74, 6) is 0. The van der Waals surface area contributed by atoms with Crippen molar-refractivity contribution in [3.05, 3.63) is 70.3 Å². The van der Waals surface area contributed by atoms with Gasteiger partial charge in [-0.2, -0.15) is 13.2 Å². The topological polar surface area (TPSA) is 20.2 Å². The summed E-state index contributed by atoms with van der Waals surface area (Å²) in [4.78, 5) is 0. The van der Waals surface area contributed by atoms with Crippen molar-refractivity contribution in [1.82, 2.24) is 0 Å². The lowest BCUT2D eigenvalue weighted by Crippen LogP contribution is -2.24. The van der Waals surface area contributed by atoms with Crippen molar-refractivity contribution in [2.24, 2.45) is 0 Å². The van der Waals surface area contributed by atoms with Crippen LogP contribution in [0.1, 0.15) is 34.7 Å². The molecule has 4 heteroatoms. The van der Waals surface area contributed by atoms with Gasteiger partial charge in [0.05, 0.1) is 5.56 Å². The summed E-state index contributed by atoms with van der Waals surface area (Å²) in [6.07, 6.45) is -4.42. The zero-order chi connectivity index (χ0) is 15.8. The number of rotatable bonds is 2. The van der Waals surface area contributed by atoms with Gasteiger partial charge in [0.15, 0.2) is 0 Å². The van der Waals surface area contributed by atoms with Crippen molar-refractivity contribution in [3.63, 3.8) is 0 Å². The highest BCUT2D eigenvalue weighted by Crippen LogP contribution is 2.36. The molecule has 1 unspecified atom stereocenters. The highest BCUT2D eigenvalue weighted by Gasteiger charge is 2.33. The number of benzene rings is 2. The summed E-state index contributed by atoms with van der Waals surface area (Å²) < 4.78 is 38.5. The van der Waals surface area contributed by atoms with Gasteiger partial charge in [0, 0.05) is 0 Å². The molecule has 0 aliphatic carbocycles. The van der Waals surface area contributed by atoms with Crippen molar-refractivity contribution in [2.75, 3.05) is 0 Å². The lowest BCUT2D eigenvalue weighted by atomic mass is 9.84. The Kier molecular flexibility index (Phi) is 3.85. The minimum atomic E-state index is -4.42. The molecule has 1 N–H and O–H groups in total. The van der Waals surface area contributed by atoms with Crippen LogP contribution in [0.15, 0.2) is 42.5 Å². The molecule has 0 aliphatic heterocycles. The molecule has 2 aromatic rings. The van der Waals surface area contributed by atoms with Gasteiger partial charge >= 0.3 is 6.18 Å². The third-order valence-electron chi connectivity index (χ3n) is 3.67. The summed E-state index contributed by atoms with van der Waals surface area (Å²) in [5, 5.41) is 10.8. The van der Waals surface area contributed by atoms with E-state index in [1.807, 2.05) is 26.0 Å². The van der Waals surface area contributed by atoms with Gasteiger partial charge in [0.1, 0.15) is 5.60 Å². The van der Waals surface area contributed by atoms with Gasteiger partial charge in [-0.1, -0.05) is 35.9 Å². The monoisotopic (exact) mass is 294 g/mol. The van der Waals surface area contributed by atoms with E-state index in [-0.39, 0.29) is 5.56 Å². The maximum Gasteiger partial charge on any atom is 0.416 e. The van der Waals surface area contributed by atoms with Crippen LogP contribution in [0.3, 0.4) is 0 Å². The average Bonchev–Trinajstić information content (AvgIpc) is 2.40. The van der Waals surface area contributed by atoms with Gasteiger partial charge in [-0.15, -0.1) is 0 Å². The Morgan fingerprint density at radius 1 is 0.905 bits per heavy atom. The first-order valence-corrected chi connectivity index (χ1v) is 6.60. The lowest BCUT2D eigenvalue weighted by molar-refractivity contribution is -0.137. The molecule has 0 aromatic heterocycles. The number of aliphatic hydroxyl groups is 1. The van der Waals surface area contributed by atoms with Crippen molar-refractivity contribution >= 4 is 0 Å². The van der Waals surface area contributed by atoms with Crippen LogP contribution in [-0.2, 0) is 11.8 Å². The number of hydrogen-bond donors (Lipinski definition) is 1. The normalized spacial score (nSPS) is 14.8. The van der Waals surface area contributed by atoms with Gasteiger partial charge in [0.2, 0.25) is 0 Å². The molecule has 0 aliphatic rings. The van der Waals surface area contributed by atoms with Crippen LogP contribution in [0.2, 0.25) is 0 Å². The Balaban J connectivity index is 2.56. The largest absolute Gasteiger partial charge is 0.416 e. The minimum Gasteiger partial charge on any atom is -0.381 e. The third-order valence-corrected chi connectivity index (χ3v) is 3.67. The maximum absolute atomic E-state index is 12.8. The van der Waals surface area contributed by atoms with Crippen LogP contribution in [0.5, 0.6) is 0 Å². The fourth-order valence-corrected chi connectivity index (χ4v) is 2.41. The van der Waals surface area contributed by atoms with E-state index in [0.29, 0.717) is 5.56 Å². The number of hydrogen-bond acceptors (Lipinski definition) is 1. The van der Waals surface area contributed by atoms with Crippen LogP contribution >= 0.6 is 0 Å². The predicted molar refractivity (Wildman–Crippen MR) is 76.0 cm³/mol. The second kappa shape index (κ2) is 5.19. The van der Waals surface area contributed by atoms with E-state index in [1.165, 1.54) is 19.1 Å². The fraction of sp³-hybridized carbons (Fsp3) is 0.294. The van der Waals surface area contributed by atoms with Gasteiger partial charge in [0.25, 0.3) is 0 Å². The Hall–Kier alpha value is -1.81. The second-order valence-electron chi connectivity index (χ2n) is 5.47. The van der Waals surface area contributed by atoms with Gasteiger partial charge < -0.3 is 5.11 Å². The molecule has 1 nitrogen and oxygen atoms in total. The van der Waals surface area contributed by atoms with Crippen LogP contribution in [0.25, 0.3) is 0 Å².